The standard InChI is InChI=1S/C16H16N4O2S2/c1-9(2)23-16-19-18-15(24-16)17-13(21)11-8-10-6-4-5-7-12(10)20(3)14(11)22/h4-9H,1-3H3,(H,17,18,21). The second-order valence-electron chi connectivity index (χ2n) is 5.47. The zero-order valence-corrected chi connectivity index (χ0v) is 15.1. The lowest BCUT2D eigenvalue weighted by Gasteiger charge is -2.08. The van der Waals surface area contributed by atoms with Crippen molar-refractivity contribution in [3.8, 4) is 0 Å². The molecular formula is C16H16N4O2S2. The monoisotopic (exact) mass is 360 g/mol. The van der Waals surface area contributed by atoms with Gasteiger partial charge < -0.3 is 4.57 Å². The van der Waals surface area contributed by atoms with Crippen LogP contribution in [-0.2, 0) is 7.05 Å². The summed E-state index contributed by atoms with van der Waals surface area (Å²) in [5.74, 6) is -0.474. The van der Waals surface area contributed by atoms with Gasteiger partial charge in [-0.05, 0) is 17.5 Å². The minimum Gasteiger partial charge on any atom is -0.311 e. The quantitative estimate of drug-likeness (QED) is 0.571. The molecule has 0 bridgehead atoms. The van der Waals surface area contributed by atoms with Crippen LogP contribution in [0, 0.1) is 0 Å². The fourth-order valence-corrected chi connectivity index (χ4v) is 4.23. The average molecular weight is 360 g/mol. The number of thioether (sulfide) groups is 1. The van der Waals surface area contributed by atoms with Crippen molar-refractivity contribution in [2.45, 2.75) is 23.4 Å². The van der Waals surface area contributed by atoms with Crippen molar-refractivity contribution < 1.29 is 4.79 Å². The Morgan fingerprint density at radius 2 is 2.04 bits per heavy atom. The van der Waals surface area contributed by atoms with Crippen LogP contribution in [0.3, 0.4) is 0 Å². The molecule has 0 atom stereocenters. The highest BCUT2D eigenvalue weighted by atomic mass is 32.2. The molecule has 0 radical (unpaired) electrons. The molecule has 0 saturated heterocycles. The van der Waals surface area contributed by atoms with Crippen molar-refractivity contribution >= 4 is 45.0 Å². The van der Waals surface area contributed by atoms with Gasteiger partial charge in [0.15, 0.2) is 4.34 Å². The summed E-state index contributed by atoms with van der Waals surface area (Å²) in [4.78, 5) is 24.9. The normalized spacial score (nSPS) is 11.2. The van der Waals surface area contributed by atoms with Crippen molar-refractivity contribution in [1.82, 2.24) is 14.8 Å². The van der Waals surface area contributed by atoms with Gasteiger partial charge in [0.1, 0.15) is 5.56 Å². The first-order chi connectivity index (χ1) is 11.5. The summed E-state index contributed by atoms with van der Waals surface area (Å²) in [7, 11) is 1.66. The van der Waals surface area contributed by atoms with E-state index in [-0.39, 0.29) is 11.1 Å². The molecule has 0 fully saturated rings. The molecule has 1 amide bonds. The van der Waals surface area contributed by atoms with Crippen LogP contribution in [0.5, 0.6) is 0 Å². The molecule has 24 heavy (non-hydrogen) atoms. The van der Waals surface area contributed by atoms with Gasteiger partial charge >= 0.3 is 0 Å². The van der Waals surface area contributed by atoms with E-state index in [2.05, 4.69) is 29.4 Å². The third-order valence-corrected chi connectivity index (χ3v) is 5.27. The van der Waals surface area contributed by atoms with Gasteiger partial charge in [-0.25, -0.2) is 0 Å². The number of nitrogens with zero attached hydrogens (tertiary/aromatic N) is 3. The summed E-state index contributed by atoms with van der Waals surface area (Å²) in [6, 6.07) is 9.05. The summed E-state index contributed by atoms with van der Waals surface area (Å²) < 4.78 is 2.26. The third kappa shape index (κ3) is 3.34. The van der Waals surface area contributed by atoms with Crippen molar-refractivity contribution in [1.29, 1.82) is 0 Å². The predicted octanol–water partition coefficient (Wildman–Crippen LogP) is 3.14. The second-order valence-corrected chi connectivity index (χ2v) is 8.28. The van der Waals surface area contributed by atoms with Gasteiger partial charge in [0.05, 0.1) is 5.52 Å². The molecule has 1 N–H and O–H groups in total. The second kappa shape index (κ2) is 6.74. The smallest absolute Gasteiger partial charge is 0.263 e. The number of hydrogen-bond acceptors (Lipinski definition) is 6. The molecule has 0 aliphatic heterocycles. The molecule has 3 aromatic rings. The lowest BCUT2D eigenvalue weighted by Crippen LogP contribution is -2.27. The topological polar surface area (TPSA) is 76.9 Å². The highest BCUT2D eigenvalue weighted by Crippen LogP contribution is 2.28. The Hall–Kier alpha value is -2.19. The van der Waals surface area contributed by atoms with Crippen molar-refractivity contribution in [3.05, 3.63) is 46.2 Å². The highest BCUT2D eigenvalue weighted by molar-refractivity contribution is 8.01. The first-order valence-corrected chi connectivity index (χ1v) is 9.05. The minimum absolute atomic E-state index is 0.0875. The van der Waals surface area contributed by atoms with E-state index in [1.807, 2.05) is 24.3 Å². The van der Waals surface area contributed by atoms with Gasteiger partial charge in [0.2, 0.25) is 5.13 Å². The number of pyridine rings is 1. The lowest BCUT2D eigenvalue weighted by atomic mass is 10.1. The van der Waals surface area contributed by atoms with Crippen LogP contribution in [0.15, 0.2) is 39.5 Å². The van der Waals surface area contributed by atoms with E-state index in [4.69, 9.17) is 0 Å². The Labute approximate surface area is 146 Å². The number of rotatable bonds is 4. The van der Waals surface area contributed by atoms with E-state index in [0.29, 0.717) is 10.4 Å². The molecule has 8 heteroatoms. The largest absolute Gasteiger partial charge is 0.311 e. The van der Waals surface area contributed by atoms with Crippen LogP contribution in [-0.4, -0.2) is 25.9 Å². The summed E-state index contributed by atoms with van der Waals surface area (Å²) in [5, 5.41) is 12.2. The molecule has 0 aliphatic rings. The number of aromatic nitrogens is 3. The number of nitrogens with one attached hydrogen (secondary N) is 1. The van der Waals surface area contributed by atoms with E-state index < -0.39 is 5.91 Å². The summed E-state index contributed by atoms with van der Waals surface area (Å²) in [6.07, 6.45) is 0. The van der Waals surface area contributed by atoms with Crippen LogP contribution in [0.2, 0.25) is 0 Å². The number of carbonyl (C=O) groups is 1. The van der Waals surface area contributed by atoms with E-state index in [9.17, 15) is 9.59 Å². The van der Waals surface area contributed by atoms with E-state index in [0.717, 1.165) is 15.2 Å². The molecule has 0 saturated carbocycles. The molecule has 0 unspecified atom stereocenters. The summed E-state index contributed by atoms with van der Waals surface area (Å²) >= 11 is 2.88. The third-order valence-electron chi connectivity index (χ3n) is 3.34. The van der Waals surface area contributed by atoms with Gasteiger partial charge in [-0.2, -0.15) is 0 Å². The summed E-state index contributed by atoms with van der Waals surface area (Å²) in [5.41, 5.74) is 0.530. The Morgan fingerprint density at radius 1 is 1.29 bits per heavy atom. The number of benzene rings is 1. The first kappa shape index (κ1) is 16.7. The first-order valence-electron chi connectivity index (χ1n) is 7.36. The van der Waals surface area contributed by atoms with Crippen LogP contribution in [0.4, 0.5) is 5.13 Å². The Kier molecular flexibility index (Phi) is 4.68. The fraction of sp³-hybridized carbons (Fsp3) is 0.250. The lowest BCUT2D eigenvalue weighted by molar-refractivity contribution is 0.102. The molecule has 6 nitrogen and oxygen atoms in total. The van der Waals surface area contributed by atoms with Gasteiger partial charge in [0, 0.05) is 12.3 Å². The maximum Gasteiger partial charge on any atom is 0.263 e. The van der Waals surface area contributed by atoms with Crippen LogP contribution < -0.4 is 10.9 Å². The average Bonchev–Trinajstić information content (AvgIpc) is 2.97. The Balaban J connectivity index is 1.90. The zero-order chi connectivity index (χ0) is 17.3. The number of anilines is 1. The number of fused-ring (bicyclic) bond motifs is 1. The van der Waals surface area contributed by atoms with E-state index >= 15 is 0 Å². The molecule has 3 rings (SSSR count). The highest BCUT2D eigenvalue weighted by Gasteiger charge is 2.16. The van der Waals surface area contributed by atoms with Gasteiger partial charge in [-0.15, -0.1) is 10.2 Å². The van der Waals surface area contributed by atoms with Crippen LogP contribution >= 0.6 is 23.1 Å². The number of hydrogen-bond donors (Lipinski definition) is 1. The predicted molar refractivity (Wildman–Crippen MR) is 98.0 cm³/mol. The molecule has 0 aliphatic carbocycles. The fourth-order valence-electron chi connectivity index (χ4n) is 2.26. The van der Waals surface area contributed by atoms with Crippen LogP contribution in [0.1, 0.15) is 24.2 Å². The molecule has 2 heterocycles. The summed E-state index contributed by atoms with van der Waals surface area (Å²) in [6.45, 7) is 4.12. The Morgan fingerprint density at radius 3 is 2.79 bits per heavy atom. The number of para-hydroxylation sites is 1. The number of aryl methyl sites for hydroxylation is 1. The SMILES string of the molecule is CC(C)Sc1nnc(NC(=O)c2cc3ccccc3n(C)c2=O)s1. The number of amides is 1. The maximum absolute atomic E-state index is 12.5. The van der Waals surface area contributed by atoms with Crippen LogP contribution in [0.25, 0.3) is 10.9 Å². The van der Waals surface area contributed by atoms with Crippen molar-refractivity contribution in [2.24, 2.45) is 7.05 Å². The van der Waals surface area contributed by atoms with Gasteiger partial charge in [-0.3, -0.25) is 14.9 Å². The van der Waals surface area contributed by atoms with E-state index in [1.54, 1.807) is 24.9 Å². The minimum atomic E-state index is -0.474. The number of carbonyl (C=O) groups excluding carboxylic acids is 1. The van der Waals surface area contributed by atoms with Crippen molar-refractivity contribution in [2.75, 3.05) is 5.32 Å². The molecule has 124 valence electrons. The van der Waals surface area contributed by atoms with Gasteiger partial charge in [0.25, 0.3) is 11.5 Å². The van der Waals surface area contributed by atoms with Gasteiger partial charge in [-0.1, -0.05) is 55.1 Å². The van der Waals surface area contributed by atoms with Crippen molar-refractivity contribution in [3.63, 3.8) is 0 Å². The molecular weight excluding hydrogens is 344 g/mol. The maximum atomic E-state index is 12.5. The Bertz CT molecular complexity index is 962. The zero-order valence-electron chi connectivity index (χ0n) is 13.4. The molecule has 2 aromatic heterocycles. The molecule has 0 spiro atoms. The van der Waals surface area contributed by atoms with E-state index in [1.165, 1.54) is 15.9 Å². The molecule has 1 aromatic carbocycles.